The Bertz CT molecular complexity index is 571. The normalized spacial score (nSPS) is 10.4. The van der Waals surface area contributed by atoms with E-state index in [1.165, 1.54) is 0 Å². The average molecular weight is 480 g/mol. The van der Waals surface area contributed by atoms with Crippen molar-refractivity contribution in [3.8, 4) is 17.2 Å². The lowest BCUT2D eigenvalue weighted by molar-refractivity contribution is -0.119. The van der Waals surface area contributed by atoms with Gasteiger partial charge >= 0.3 is 0 Å². The van der Waals surface area contributed by atoms with Crippen molar-refractivity contribution in [3.05, 3.63) is 17.7 Å². The second kappa shape index (κ2) is 13.3. The Morgan fingerprint density at radius 1 is 0.962 bits per heavy atom. The lowest BCUT2D eigenvalue weighted by atomic mass is 10.2. The molecule has 0 unspecified atom stereocenters. The minimum absolute atomic E-state index is 0. The summed E-state index contributed by atoms with van der Waals surface area (Å²) in [5.41, 5.74) is 0.893. The lowest BCUT2D eigenvalue weighted by Crippen LogP contribution is -2.43. The Hall–Kier alpha value is -1.91. The second-order valence-corrected chi connectivity index (χ2v) is 5.04. The molecule has 0 bridgehead atoms. The molecule has 1 rings (SSSR count). The number of rotatable bonds is 9. The van der Waals surface area contributed by atoms with Crippen LogP contribution in [0.15, 0.2) is 17.1 Å². The van der Waals surface area contributed by atoms with Gasteiger partial charge in [0.05, 0.1) is 34.4 Å². The maximum absolute atomic E-state index is 11.6. The highest BCUT2D eigenvalue weighted by Gasteiger charge is 2.13. The number of nitrogens with zero attached hydrogens (tertiary/aromatic N) is 1. The zero-order chi connectivity index (χ0) is 18.7. The lowest BCUT2D eigenvalue weighted by Gasteiger charge is -2.14. The van der Waals surface area contributed by atoms with Crippen molar-refractivity contribution < 1.29 is 19.0 Å². The van der Waals surface area contributed by atoms with Crippen LogP contribution in [0.4, 0.5) is 0 Å². The first-order chi connectivity index (χ1) is 12.1. The van der Waals surface area contributed by atoms with Gasteiger partial charge in [-0.3, -0.25) is 4.79 Å². The van der Waals surface area contributed by atoms with Gasteiger partial charge in [0.2, 0.25) is 11.7 Å². The third-order valence-electron chi connectivity index (χ3n) is 3.28. The van der Waals surface area contributed by atoms with Crippen LogP contribution >= 0.6 is 24.0 Å². The van der Waals surface area contributed by atoms with E-state index < -0.39 is 0 Å². The number of hydrogen-bond donors (Lipinski definition) is 3. The summed E-state index contributed by atoms with van der Waals surface area (Å²) < 4.78 is 16.0. The summed E-state index contributed by atoms with van der Waals surface area (Å²) >= 11 is 0. The molecule has 1 aromatic rings. The zero-order valence-corrected chi connectivity index (χ0v) is 18.3. The van der Waals surface area contributed by atoms with Crippen LogP contribution in [-0.2, 0) is 11.3 Å². The van der Waals surface area contributed by atoms with Gasteiger partial charge in [-0.1, -0.05) is 0 Å². The molecule has 0 radical (unpaired) electrons. The summed E-state index contributed by atoms with van der Waals surface area (Å²) in [6, 6.07) is 3.69. The van der Waals surface area contributed by atoms with Gasteiger partial charge in [-0.15, -0.1) is 24.0 Å². The molecule has 0 aromatic heterocycles. The number of ether oxygens (including phenoxy) is 3. The van der Waals surface area contributed by atoms with Crippen molar-refractivity contribution in [1.82, 2.24) is 16.0 Å². The van der Waals surface area contributed by atoms with E-state index in [4.69, 9.17) is 14.2 Å². The Balaban J connectivity index is 0.00000625. The van der Waals surface area contributed by atoms with E-state index in [0.29, 0.717) is 42.8 Å². The maximum Gasteiger partial charge on any atom is 0.239 e. The summed E-state index contributed by atoms with van der Waals surface area (Å²) in [5, 5.41) is 8.83. The fraction of sp³-hybridized carbons (Fsp3) is 0.529. The van der Waals surface area contributed by atoms with E-state index in [1.54, 1.807) is 21.3 Å². The van der Waals surface area contributed by atoms with Crippen molar-refractivity contribution in [2.75, 3.05) is 41.0 Å². The highest BCUT2D eigenvalue weighted by atomic mass is 127. The molecule has 8 nitrogen and oxygen atoms in total. The molecule has 1 amide bonds. The van der Waals surface area contributed by atoms with Gasteiger partial charge in [-0.05, 0) is 31.5 Å². The highest BCUT2D eigenvalue weighted by molar-refractivity contribution is 14.0. The smallest absolute Gasteiger partial charge is 0.239 e. The monoisotopic (exact) mass is 480 g/mol. The molecule has 1 aromatic carbocycles. The van der Waals surface area contributed by atoms with Crippen molar-refractivity contribution in [3.63, 3.8) is 0 Å². The molecule has 0 fully saturated rings. The number of nitrogens with one attached hydrogen (secondary N) is 3. The van der Waals surface area contributed by atoms with Gasteiger partial charge < -0.3 is 30.2 Å². The van der Waals surface area contributed by atoms with E-state index in [-0.39, 0.29) is 36.4 Å². The zero-order valence-electron chi connectivity index (χ0n) is 16.0. The molecule has 0 spiro atoms. The summed E-state index contributed by atoms with van der Waals surface area (Å²) in [4.78, 5) is 16.0. The largest absolute Gasteiger partial charge is 0.493 e. The number of carbonyl (C=O) groups is 1. The molecule has 0 aliphatic rings. The number of hydrogen-bond acceptors (Lipinski definition) is 5. The number of benzene rings is 1. The second-order valence-electron chi connectivity index (χ2n) is 5.04. The van der Waals surface area contributed by atoms with Crippen molar-refractivity contribution in [2.45, 2.75) is 20.4 Å². The third-order valence-corrected chi connectivity index (χ3v) is 3.28. The number of amides is 1. The first kappa shape index (κ1) is 24.1. The van der Waals surface area contributed by atoms with E-state index in [0.717, 1.165) is 5.56 Å². The van der Waals surface area contributed by atoms with Gasteiger partial charge in [-0.2, -0.15) is 0 Å². The predicted molar refractivity (Wildman–Crippen MR) is 113 cm³/mol. The molecule has 3 N–H and O–H groups in total. The molecule has 9 heteroatoms. The molecule has 0 heterocycles. The van der Waals surface area contributed by atoms with Crippen LogP contribution in [0.25, 0.3) is 0 Å². The van der Waals surface area contributed by atoms with E-state index >= 15 is 0 Å². The number of guanidine groups is 1. The summed E-state index contributed by atoms with van der Waals surface area (Å²) in [6.45, 7) is 5.68. The minimum atomic E-state index is -0.0825. The molecule has 0 aliphatic carbocycles. The molecule has 26 heavy (non-hydrogen) atoms. The van der Waals surface area contributed by atoms with Crippen LogP contribution in [0.2, 0.25) is 0 Å². The predicted octanol–water partition coefficient (Wildman–Crippen LogP) is 1.52. The van der Waals surface area contributed by atoms with Crippen LogP contribution < -0.4 is 30.2 Å². The van der Waals surface area contributed by atoms with Gasteiger partial charge in [-0.25, -0.2) is 4.99 Å². The molecule has 148 valence electrons. The van der Waals surface area contributed by atoms with E-state index in [9.17, 15) is 4.79 Å². The average Bonchev–Trinajstić information content (AvgIpc) is 2.63. The molecule has 0 aliphatic heterocycles. The molecular weight excluding hydrogens is 451 g/mol. The van der Waals surface area contributed by atoms with Gasteiger partial charge in [0, 0.05) is 13.1 Å². The topological polar surface area (TPSA) is 93.2 Å². The van der Waals surface area contributed by atoms with Crippen molar-refractivity contribution in [2.24, 2.45) is 4.99 Å². The van der Waals surface area contributed by atoms with Crippen LogP contribution in [0.5, 0.6) is 17.2 Å². The third kappa shape index (κ3) is 7.54. The Morgan fingerprint density at radius 3 is 2.00 bits per heavy atom. The van der Waals surface area contributed by atoms with Crippen LogP contribution in [0, 0.1) is 0 Å². The van der Waals surface area contributed by atoms with Gasteiger partial charge in [0.25, 0.3) is 0 Å². The van der Waals surface area contributed by atoms with Gasteiger partial charge in [0.15, 0.2) is 17.5 Å². The van der Waals surface area contributed by atoms with E-state index in [2.05, 4.69) is 20.9 Å². The summed E-state index contributed by atoms with van der Waals surface area (Å²) in [7, 11) is 4.71. The number of carbonyl (C=O) groups excluding carboxylic acids is 1. The molecule has 0 saturated heterocycles. The van der Waals surface area contributed by atoms with Crippen LogP contribution in [0.1, 0.15) is 19.4 Å². The van der Waals surface area contributed by atoms with E-state index in [1.807, 2.05) is 26.0 Å². The number of aliphatic imine (C=N–C) groups is 1. The van der Waals surface area contributed by atoms with Gasteiger partial charge in [0.1, 0.15) is 0 Å². The van der Waals surface area contributed by atoms with Crippen molar-refractivity contribution >= 4 is 35.8 Å². The Kier molecular flexibility index (Phi) is 12.3. The number of methoxy groups -OCH3 is 3. The fourth-order valence-corrected chi connectivity index (χ4v) is 2.16. The summed E-state index contributed by atoms with van der Waals surface area (Å²) in [6.07, 6.45) is 0. The number of likely N-dealkylation sites (N-methyl/N-ethyl adjacent to an activating group) is 1. The Morgan fingerprint density at radius 2 is 1.54 bits per heavy atom. The maximum atomic E-state index is 11.6. The number of halogens is 1. The first-order valence-electron chi connectivity index (χ1n) is 8.17. The fourth-order valence-electron chi connectivity index (χ4n) is 2.16. The SMILES string of the molecule is CCNC(=O)CNC(=NCc1cc(OC)c(OC)c(OC)c1)NCC.I. The quantitative estimate of drug-likeness (QED) is 0.282. The molecule has 0 atom stereocenters. The van der Waals surface area contributed by atoms with Crippen LogP contribution in [-0.4, -0.2) is 52.8 Å². The van der Waals surface area contributed by atoms with Crippen molar-refractivity contribution in [1.29, 1.82) is 0 Å². The molecular formula is C17H29IN4O4. The van der Waals surface area contributed by atoms with Crippen LogP contribution in [0.3, 0.4) is 0 Å². The highest BCUT2D eigenvalue weighted by Crippen LogP contribution is 2.38. The standard InChI is InChI=1S/C17H28N4O4.HI/c1-6-18-15(22)11-21-17(19-7-2)20-10-12-8-13(23-3)16(25-5)14(9-12)24-4;/h8-9H,6-7,10-11H2,1-5H3,(H,18,22)(H2,19,20,21);1H. The minimum Gasteiger partial charge on any atom is -0.493 e. The summed E-state index contributed by atoms with van der Waals surface area (Å²) in [5.74, 6) is 2.17. The Labute approximate surface area is 172 Å². The first-order valence-corrected chi connectivity index (χ1v) is 8.17. The molecule has 0 saturated carbocycles.